The number of carbonyl (C=O) groups is 1. The van der Waals surface area contributed by atoms with Gasteiger partial charge < -0.3 is 19.6 Å². The Kier molecular flexibility index (Phi) is 5.09. The Bertz CT molecular complexity index is 639. The molecule has 1 aromatic rings. The molecule has 3 fully saturated rings. The van der Waals surface area contributed by atoms with Gasteiger partial charge in [0.15, 0.2) is 0 Å². The summed E-state index contributed by atoms with van der Waals surface area (Å²) in [4.78, 5) is 25.6. The second kappa shape index (κ2) is 7.48. The zero-order valence-electron chi connectivity index (χ0n) is 15.3. The minimum absolute atomic E-state index is 0.0152. The summed E-state index contributed by atoms with van der Waals surface area (Å²) >= 11 is 0. The molecule has 3 aliphatic rings. The third kappa shape index (κ3) is 3.42. The van der Waals surface area contributed by atoms with Gasteiger partial charge in [0.05, 0.1) is 24.1 Å². The molecule has 3 aliphatic heterocycles. The highest BCUT2D eigenvalue weighted by atomic mass is 16.5. The predicted molar refractivity (Wildman–Crippen MR) is 97.2 cm³/mol. The molecule has 3 saturated heterocycles. The van der Waals surface area contributed by atoms with Crippen molar-refractivity contribution in [1.29, 1.82) is 0 Å². The van der Waals surface area contributed by atoms with E-state index in [1.165, 1.54) is 6.42 Å². The normalized spacial score (nSPS) is 26.1. The Balaban J connectivity index is 1.43. The highest BCUT2D eigenvalue weighted by Gasteiger charge is 2.43. The van der Waals surface area contributed by atoms with Crippen LogP contribution in [-0.4, -0.2) is 70.4 Å². The first-order valence-electron chi connectivity index (χ1n) is 9.86. The van der Waals surface area contributed by atoms with Crippen molar-refractivity contribution in [3.8, 4) is 0 Å². The maximum Gasteiger partial charge on any atom is 0.274 e. The van der Waals surface area contributed by atoms with Crippen molar-refractivity contribution >= 4 is 11.7 Å². The van der Waals surface area contributed by atoms with Crippen LogP contribution in [0.1, 0.15) is 55.4 Å². The summed E-state index contributed by atoms with van der Waals surface area (Å²) in [6.45, 7) is 3.87. The number of aliphatic hydroxyl groups excluding tert-OH is 1. The van der Waals surface area contributed by atoms with Crippen molar-refractivity contribution in [3.63, 3.8) is 0 Å². The number of hydrogen-bond acceptors (Lipinski definition) is 6. The van der Waals surface area contributed by atoms with Crippen LogP contribution in [0.4, 0.5) is 5.82 Å². The monoisotopic (exact) mass is 360 g/mol. The molecule has 0 aromatic carbocycles. The smallest absolute Gasteiger partial charge is 0.274 e. The number of hydrogen-bond donors (Lipinski definition) is 1. The summed E-state index contributed by atoms with van der Waals surface area (Å²) in [5.74, 6) is 0.728. The number of nitrogens with zero attached hydrogens (tertiary/aromatic N) is 4. The molecular formula is C19H28N4O3. The molecule has 26 heavy (non-hydrogen) atoms. The van der Waals surface area contributed by atoms with E-state index < -0.39 is 5.60 Å². The summed E-state index contributed by atoms with van der Waals surface area (Å²) in [7, 11) is 0. The van der Waals surface area contributed by atoms with Gasteiger partial charge in [-0.15, -0.1) is 0 Å². The third-order valence-electron chi connectivity index (χ3n) is 6.04. The molecule has 4 heterocycles. The van der Waals surface area contributed by atoms with Gasteiger partial charge >= 0.3 is 0 Å². The van der Waals surface area contributed by atoms with Gasteiger partial charge in [0.2, 0.25) is 0 Å². The number of rotatable bonds is 2. The Hall–Kier alpha value is -1.73. The van der Waals surface area contributed by atoms with Gasteiger partial charge in [-0.1, -0.05) is 0 Å². The second-order valence-corrected chi connectivity index (χ2v) is 7.67. The summed E-state index contributed by atoms with van der Waals surface area (Å²) in [6.07, 6.45) is 9.54. The van der Waals surface area contributed by atoms with E-state index in [9.17, 15) is 9.90 Å². The Labute approximate surface area is 154 Å². The first kappa shape index (κ1) is 17.7. The summed E-state index contributed by atoms with van der Waals surface area (Å²) < 4.78 is 5.97. The van der Waals surface area contributed by atoms with Gasteiger partial charge in [-0.05, 0) is 44.9 Å². The molecule has 4 rings (SSSR count). The van der Waals surface area contributed by atoms with Gasteiger partial charge in [-0.3, -0.25) is 9.78 Å². The number of aliphatic hydroxyl groups is 1. The fraction of sp³-hybridized carbons (Fsp3) is 0.737. The number of amides is 1. The van der Waals surface area contributed by atoms with Gasteiger partial charge in [-0.25, -0.2) is 4.98 Å². The van der Waals surface area contributed by atoms with Crippen molar-refractivity contribution < 1.29 is 14.6 Å². The quantitative estimate of drug-likeness (QED) is 0.863. The Morgan fingerprint density at radius 3 is 2.62 bits per heavy atom. The predicted octanol–water partition coefficient (Wildman–Crippen LogP) is 1.61. The standard InChI is InChI=1S/C19H28N4O3/c24-16-5-4-12-26-19(16)6-10-22(11-7-19)17-14-20-13-15(21-17)18(25)23-8-2-1-3-9-23/h13-14,16,24H,1-12H2/t16-/m1/s1. The average molecular weight is 360 g/mol. The molecular weight excluding hydrogens is 332 g/mol. The molecule has 1 amide bonds. The molecule has 7 nitrogen and oxygen atoms in total. The largest absolute Gasteiger partial charge is 0.390 e. The van der Waals surface area contributed by atoms with Crippen LogP contribution < -0.4 is 4.90 Å². The van der Waals surface area contributed by atoms with Crippen LogP contribution in [0.5, 0.6) is 0 Å². The van der Waals surface area contributed by atoms with Crippen LogP contribution in [-0.2, 0) is 4.74 Å². The minimum Gasteiger partial charge on any atom is -0.390 e. The molecule has 1 N–H and O–H groups in total. The van der Waals surface area contributed by atoms with Gasteiger partial charge in [0, 0.05) is 32.8 Å². The summed E-state index contributed by atoms with van der Waals surface area (Å²) in [5, 5.41) is 10.4. The van der Waals surface area contributed by atoms with Gasteiger partial charge in [-0.2, -0.15) is 0 Å². The number of aromatic nitrogens is 2. The molecule has 0 saturated carbocycles. The van der Waals surface area contributed by atoms with Crippen LogP contribution in [0.3, 0.4) is 0 Å². The van der Waals surface area contributed by atoms with E-state index in [-0.39, 0.29) is 12.0 Å². The molecule has 0 unspecified atom stereocenters. The van der Waals surface area contributed by atoms with E-state index in [0.29, 0.717) is 5.69 Å². The number of anilines is 1. The molecule has 1 atom stereocenters. The Morgan fingerprint density at radius 2 is 1.88 bits per heavy atom. The fourth-order valence-electron chi connectivity index (χ4n) is 4.37. The van der Waals surface area contributed by atoms with Crippen LogP contribution >= 0.6 is 0 Å². The van der Waals surface area contributed by atoms with E-state index in [1.54, 1.807) is 12.4 Å². The van der Waals surface area contributed by atoms with Crippen LogP contribution in [0.15, 0.2) is 12.4 Å². The fourth-order valence-corrected chi connectivity index (χ4v) is 4.37. The second-order valence-electron chi connectivity index (χ2n) is 7.67. The summed E-state index contributed by atoms with van der Waals surface area (Å²) in [5.41, 5.74) is 0.0299. The molecule has 0 bridgehead atoms. The van der Waals surface area contributed by atoms with Crippen LogP contribution in [0.2, 0.25) is 0 Å². The lowest BCUT2D eigenvalue weighted by atomic mass is 9.82. The van der Waals surface area contributed by atoms with Crippen LogP contribution in [0, 0.1) is 0 Å². The first-order valence-corrected chi connectivity index (χ1v) is 9.86. The van der Waals surface area contributed by atoms with Crippen molar-refractivity contribution in [2.75, 3.05) is 37.7 Å². The van der Waals surface area contributed by atoms with E-state index >= 15 is 0 Å². The number of ether oxygens (including phenoxy) is 1. The number of piperidine rings is 2. The molecule has 1 spiro atoms. The lowest BCUT2D eigenvalue weighted by molar-refractivity contribution is -0.164. The zero-order valence-corrected chi connectivity index (χ0v) is 15.3. The van der Waals surface area contributed by atoms with Crippen molar-refractivity contribution in [2.24, 2.45) is 0 Å². The highest BCUT2D eigenvalue weighted by Crippen LogP contribution is 2.36. The molecule has 1 aromatic heterocycles. The molecule has 142 valence electrons. The topological polar surface area (TPSA) is 78.8 Å². The van der Waals surface area contributed by atoms with E-state index in [0.717, 1.165) is 77.1 Å². The lowest BCUT2D eigenvalue weighted by Crippen LogP contribution is -2.55. The third-order valence-corrected chi connectivity index (χ3v) is 6.04. The highest BCUT2D eigenvalue weighted by molar-refractivity contribution is 5.92. The van der Waals surface area contributed by atoms with Crippen molar-refractivity contribution in [3.05, 3.63) is 18.1 Å². The average Bonchev–Trinajstić information content (AvgIpc) is 2.71. The maximum atomic E-state index is 12.7. The zero-order chi connectivity index (χ0) is 18.0. The van der Waals surface area contributed by atoms with Gasteiger partial charge in [0.1, 0.15) is 11.5 Å². The lowest BCUT2D eigenvalue weighted by Gasteiger charge is -2.47. The first-order chi connectivity index (χ1) is 12.7. The van der Waals surface area contributed by atoms with Crippen molar-refractivity contribution in [2.45, 2.75) is 56.7 Å². The molecule has 0 aliphatic carbocycles. The van der Waals surface area contributed by atoms with E-state index in [2.05, 4.69) is 14.9 Å². The van der Waals surface area contributed by atoms with E-state index in [4.69, 9.17) is 4.74 Å². The maximum absolute atomic E-state index is 12.7. The van der Waals surface area contributed by atoms with Gasteiger partial charge in [0.25, 0.3) is 5.91 Å². The minimum atomic E-state index is -0.399. The van der Waals surface area contributed by atoms with Crippen molar-refractivity contribution in [1.82, 2.24) is 14.9 Å². The SMILES string of the molecule is O=C(c1cncc(N2CCC3(CC2)OCCC[C@H]3O)n1)N1CCCCC1. The van der Waals surface area contributed by atoms with E-state index in [1.807, 2.05) is 4.90 Å². The molecule has 0 radical (unpaired) electrons. The number of carbonyl (C=O) groups excluding carboxylic acids is 1. The number of likely N-dealkylation sites (tertiary alicyclic amines) is 1. The molecule has 7 heteroatoms. The Morgan fingerprint density at radius 1 is 1.12 bits per heavy atom. The van der Waals surface area contributed by atoms with Crippen LogP contribution in [0.25, 0.3) is 0 Å². The summed E-state index contributed by atoms with van der Waals surface area (Å²) in [6, 6.07) is 0.